The van der Waals surface area contributed by atoms with E-state index in [1.165, 1.54) is 4.88 Å². The van der Waals surface area contributed by atoms with Crippen LogP contribution in [-0.2, 0) is 13.0 Å². The monoisotopic (exact) mass is 208 g/mol. The number of furan rings is 1. The normalized spacial score (nSPS) is 10.6. The van der Waals surface area contributed by atoms with Gasteiger partial charge in [-0.25, -0.2) is 0 Å². The van der Waals surface area contributed by atoms with Gasteiger partial charge in [0.25, 0.3) is 0 Å². The molecule has 0 radical (unpaired) electrons. The van der Waals surface area contributed by atoms with E-state index < -0.39 is 0 Å². The number of nitrogens with one attached hydrogen (secondary N) is 1. The van der Waals surface area contributed by atoms with Crippen molar-refractivity contribution in [2.45, 2.75) is 13.0 Å². The third-order valence-electron chi connectivity index (χ3n) is 1.91. The molecule has 0 aromatic carbocycles. The third-order valence-corrected chi connectivity index (χ3v) is 2.69. The van der Waals surface area contributed by atoms with Gasteiger partial charge in [-0.05, 0) is 12.1 Å². The first kappa shape index (κ1) is 9.43. The van der Waals surface area contributed by atoms with Gasteiger partial charge in [0.1, 0.15) is 5.76 Å². The molecule has 0 aliphatic heterocycles. The summed E-state index contributed by atoms with van der Waals surface area (Å²) in [5.74, 6) is 1.03. The number of hydrogen-bond acceptors (Lipinski definition) is 4. The SMILES string of the molecule is c1coc(CCNCc2cncs2)c1. The standard InChI is InChI=1S/C10H12N2OS/c1-2-9(13-5-1)3-4-11-6-10-7-12-8-14-10/h1-2,5,7-8,11H,3-4,6H2. The van der Waals surface area contributed by atoms with Crippen molar-refractivity contribution in [3.05, 3.63) is 40.7 Å². The summed E-state index contributed by atoms with van der Waals surface area (Å²) in [7, 11) is 0. The summed E-state index contributed by atoms with van der Waals surface area (Å²) >= 11 is 1.67. The van der Waals surface area contributed by atoms with Gasteiger partial charge in [0.2, 0.25) is 0 Å². The first-order valence-electron chi connectivity index (χ1n) is 4.55. The van der Waals surface area contributed by atoms with Crippen molar-refractivity contribution < 1.29 is 4.42 Å². The Bertz CT molecular complexity index is 306. The summed E-state index contributed by atoms with van der Waals surface area (Å²) in [6.45, 7) is 1.83. The van der Waals surface area contributed by atoms with E-state index in [9.17, 15) is 0 Å². The van der Waals surface area contributed by atoms with Crippen molar-refractivity contribution in [2.75, 3.05) is 6.54 Å². The van der Waals surface area contributed by atoms with Gasteiger partial charge in [-0.3, -0.25) is 4.98 Å². The van der Waals surface area contributed by atoms with Crippen LogP contribution in [0.15, 0.2) is 34.5 Å². The van der Waals surface area contributed by atoms with Crippen LogP contribution in [0.3, 0.4) is 0 Å². The van der Waals surface area contributed by atoms with Crippen LogP contribution in [-0.4, -0.2) is 11.5 Å². The molecule has 2 rings (SSSR count). The molecule has 0 atom stereocenters. The first-order valence-corrected chi connectivity index (χ1v) is 5.43. The van der Waals surface area contributed by atoms with E-state index in [-0.39, 0.29) is 0 Å². The predicted octanol–water partition coefficient (Wildman–Crippen LogP) is 2.07. The maximum absolute atomic E-state index is 5.22. The molecule has 3 nitrogen and oxygen atoms in total. The Morgan fingerprint density at radius 2 is 2.50 bits per heavy atom. The number of rotatable bonds is 5. The van der Waals surface area contributed by atoms with Crippen LogP contribution in [0.2, 0.25) is 0 Å². The Morgan fingerprint density at radius 3 is 3.21 bits per heavy atom. The van der Waals surface area contributed by atoms with Gasteiger partial charge in [-0.1, -0.05) is 0 Å². The summed E-state index contributed by atoms with van der Waals surface area (Å²) < 4.78 is 5.22. The Kier molecular flexibility index (Phi) is 3.32. The highest BCUT2D eigenvalue weighted by molar-refractivity contribution is 7.09. The Morgan fingerprint density at radius 1 is 1.50 bits per heavy atom. The molecule has 0 saturated heterocycles. The van der Waals surface area contributed by atoms with E-state index >= 15 is 0 Å². The lowest BCUT2D eigenvalue weighted by molar-refractivity contribution is 0.499. The quantitative estimate of drug-likeness (QED) is 0.764. The average Bonchev–Trinajstić information content (AvgIpc) is 2.86. The second kappa shape index (κ2) is 4.93. The minimum absolute atomic E-state index is 0.894. The summed E-state index contributed by atoms with van der Waals surface area (Å²) in [5.41, 5.74) is 1.85. The molecule has 2 aromatic heterocycles. The Balaban J connectivity index is 1.65. The molecule has 0 spiro atoms. The highest BCUT2D eigenvalue weighted by Gasteiger charge is 1.96. The van der Waals surface area contributed by atoms with Crippen LogP contribution < -0.4 is 5.32 Å². The number of thiazole rings is 1. The molecule has 0 fully saturated rings. The second-order valence-electron chi connectivity index (χ2n) is 2.97. The minimum Gasteiger partial charge on any atom is -0.469 e. The lowest BCUT2D eigenvalue weighted by Gasteiger charge is -1.99. The molecule has 0 aliphatic carbocycles. The second-order valence-corrected chi connectivity index (χ2v) is 3.94. The zero-order valence-electron chi connectivity index (χ0n) is 7.77. The minimum atomic E-state index is 0.894. The maximum atomic E-state index is 5.22. The molecule has 0 bridgehead atoms. The van der Waals surface area contributed by atoms with E-state index in [1.807, 2.05) is 23.8 Å². The van der Waals surface area contributed by atoms with Crippen LogP contribution in [0.4, 0.5) is 0 Å². The van der Waals surface area contributed by atoms with Crippen molar-refractivity contribution in [3.8, 4) is 0 Å². The topological polar surface area (TPSA) is 38.1 Å². The largest absolute Gasteiger partial charge is 0.469 e. The van der Waals surface area contributed by atoms with Crippen molar-refractivity contribution in [3.63, 3.8) is 0 Å². The lowest BCUT2D eigenvalue weighted by Crippen LogP contribution is -2.15. The molecule has 2 heterocycles. The van der Waals surface area contributed by atoms with E-state index in [1.54, 1.807) is 17.6 Å². The number of aromatic nitrogens is 1. The molecule has 0 unspecified atom stereocenters. The molecule has 0 aliphatic rings. The Hall–Kier alpha value is -1.13. The molecule has 2 aromatic rings. The van der Waals surface area contributed by atoms with E-state index in [0.29, 0.717) is 0 Å². The van der Waals surface area contributed by atoms with Gasteiger partial charge in [-0.2, -0.15) is 0 Å². The van der Waals surface area contributed by atoms with Gasteiger partial charge in [0.15, 0.2) is 0 Å². The summed E-state index contributed by atoms with van der Waals surface area (Å²) in [6, 6.07) is 3.91. The number of nitrogens with zero attached hydrogens (tertiary/aromatic N) is 1. The summed E-state index contributed by atoms with van der Waals surface area (Å²) in [6.07, 6.45) is 4.54. The van der Waals surface area contributed by atoms with Crippen molar-refractivity contribution in [2.24, 2.45) is 0 Å². The molecular weight excluding hydrogens is 196 g/mol. The molecule has 74 valence electrons. The van der Waals surface area contributed by atoms with Gasteiger partial charge in [-0.15, -0.1) is 11.3 Å². The molecule has 0 amide bonds. The average molecular weight is 208 g/mol. The fourth-order valence-corrected chi connectivity index (χ4v) is 1.77. The predicted molar refractivity (Wildman–Crippen MR) is 56.2 cm³/mol. The van der Waals surface area contributed by atoms with E-state index in [0.717, 1.165) is 25.3 Å². The van der Waals surface area contributed by atoms with Crippen LogP contribution in [0.25, 0.3) is 0 Å². The van der Waals surface area contributed by atoms with Crippen LogP contribution in [0.5, 0.6) is 0 Å². The first-order chi connectivity index (χ1) is 6.95. The smallest absolute Gasteiger partial charge is 0.105 e. The summed E-state index contributed by atoms with van der Waals surface area (Å²) in [4.78, 5) is 5.28. The molecule has 4 heteroatoms. The van der Waals surface area contributed by atoms with E-state index in [2.05, 4.69) is 10.3 Å². The fraction of sp³-hybridized carbons (Fsp3) is 0.300. The van der Waals surface area contributed by atoms with Crippen molar-refractivity contribution in [1.82, 2.24) is 10.3 Å². The zero-order valence-corrected chi connectivity index (χ0v) is 8.59. The van der Waals surface area contributed by atoms with Crippen molar-refractivity contribution >= 4 is 11.3 Å². The Labute approximate surface area is 86.8 Å². The van der Waals surface area contributed by atoms with E-state index in [4.69, 9.17) is 4.42 Å². The van der Waals surface area contributed by atoms with Gasteiger partial charge in [0.05, 0.1) is 11.8 Å². The van der Waals surface area contributed by atoms with Crippen LogP contribution in [0, 0.1) is 0 Å². The highest BCUT2D eigenvalue weighted by atomic mass is 32.1. The fourth-order valence-electron chi connectivity index (χ4n) is 1.21. The van der Waals surface area contributed by atoms with Gasteiger partial charge in [0, 0.05) is 30.6 Å². The van der Waals surface area contributed by atoms with Crippen LogP contribution in [0.1, 0.15) is 10.6 Å². The third kappa shape index (κ3) is 2.68. The maximum Gasteiger partial charge on any atom is 0.105 e. The molecule has 1 N–H and O–H groups in total. The molecule has 0 saturated carbocycles. The van der Waals surface area contributed by atoms with Gasteiger partial charge >= 0.3 is 0 Å². The van der Waals surface area contributed by atoms with Gasteiger partial charge < -0.3 is 9.73 Å². The van der Waals surface area contributed by atoms with Crippen LogP contribution >= 0.6 is 11.3 Å². The number of hydrogen-bond donors (Lipinski definition) is 1. The summed E-state index contributed by atoms with van der Waals surface area (Å²) in [5, 5.41) is 3.34. The molecular formula is C10H12N2OS. The molecule has 14 heavy (non-hydrogen) atoms. The highest BCUT2D eigenvalue weighted by Crippen LogP contribution is 2.04. The van der Waals surface area contributed by atoms with Crippen molar-refractivity contribution in [1.29, 1.82) is 0 Å². The lowest BCUT2D eigenvalue weighted by atomic mass is 10.3. The zero-order chi connectivity index (χ0) is 9.64.